The first kappa shape index (κ1) is 30.6. The molecule has 0 saturated carbocycles. The number of nitrogens with zero attached hydrogens (tertiary/aromatic N) is 5. The minimum Gasteiger partial charge on any atom is -0.346 e. The molecule has 10 nitrogen and oxygen atoms in total. The van der Waals surface area contributed by atoms with Crippen molar-refractivity contribution in [3.63, 3.8) is 0 Å². The SMILES string of the molecule is CCN(CC)CCn1ccc2cc(-c3cc(Nc4ccc(N(OC=O)S(=O)(=O)c5ccc(C)cc5F)cc4)ncn3)ccc21. The van der Waals surface area contributed by atoms with E-state index in [1.165, 1.54) is 24.5 Å². The Kier molecular flexibility index (Phi) is 9.21. The van der Waals surface area contributed by atoms with Gasteiger partial charge in [0, 0.05) is 47.5 Å². The predicted molar refractivity (Wildman–Crippen MR) is 168 cm³/mol. The van der Waals surface area contributed by atoms with Gasteiger partial charge in [-0.05, 0) is 80.2 Å². The number of carbonyl (C=O) groups is 1. The van der Waals surface area contributed by atoms with Crippen LogP contribution >= 0.6 is 0 Å². The number of anilines is 3. The maximum absolute atomic E-state index is 14.5. The molecule has 0 radical (unpaired) electrons. The molecule has 0 aliphatic heterocycles. The molecule has 0 atom stereocenters. The van der Waals surface area contributed by atoms with Crippen LogP contribution in [-0.4, -0.2) is 54.0 Å². The lowest BCUT2D eigenvalue weighted by Crippen LogP contribution is -2.31. The minimum absolute atomic E-state index is 0.00309. The number of hydrogen-bond donors (Lipinski definition) is 1. The van der Waals surface area contributed by atoms with Crippen molar-refractivity contribution in [1.29, 1.82) is 0 Å². The van der Waals surface area contributed by atoms with Gasteiger partial charge in [0.2, 0.25) is 0 Å². The molecule has 12 heteroatoms. The van der Waals surface area contributed by atoms with E-state index in [0.717, 1.165) is 60.5 Å². The van der Waals surface area contributed by atoms with Gasteiger partial charge in [-0.2, -0.15) is 8.42 Å². The third-order valence-corrected chi connectivity index (χ3v) is 8.98. The average Bonchev–Trinajstić information content (AvgIpc) is 3.43. The number of rotatable bonds is 13. The first-order valence-electron chi connectivity index (χ1n) is 14.2. The summed E-state index contributed by atoms with van der Waals surface area (Å²) in [6, 6.07) is 19.9. The van der Waals surface area contributed by atoms with Crippen LogP contribution in [0.4, 0.5) is 21.6 Å². The average molecular weight is 617 g/mol. The zero-order chi connectivity index (χ0) is 31.3. The summed E-state index contributed by atoms with van der Waals surface area (Å²) in [5, 5.41) is 4.30. The van der Waals surface area contributed by atoms with Crippen molar-refractivity contribution in [3.05, 3.63) is 96.7 Å². The highest BCUT2D eigenvalue weighted by Crippen LogP contribution is 2.29. The maximum atomic E-state index is 14.5. The van der Waals surface area contributed by atoms with Crippen LogP contribution in [0.15, 0.2) is 90.2 Å². The van der Waals surface area contributed by atoms with E-state index in [2.05, 4.69) is 63.0 Å². The zero-order valence-corrected chi connectivity index (χ0v) is 25.5. The maximum Gasteiger partial charge on any atom is 0.322 e. The summed E-state index contributed by atoms with van der Waals surface area (Å²) in [7, 11) is -4.54. The molecule has 3 aromatic carbocycles. The Morgan fingerprint density at radius 3 is 2.45 bits per heavy atom. The van der Waals surface area contributed by atoms with Crippen LogP contribution in [0.5, 0.6) is 0 Å². The van der Waals surface area contributed by atoms with Crippen molar-refractivity contribution in [2.75, 3.05) is 29.4 Å². The summed E-state index contributed by atoms with van der Waals surface area (Å²) in [6.07, 6.45) is 3.58. The van der Waals surface area contributed by atoms with E-state index in [9.17, 15) is 17.6 Å². The van der Waals surface area contributed by atoms with Gasteiger partial charge < -0.3 is 19.6 Å². The molecule has 0 aliphatic carbocycles. The second kappa shape index (κ2) is 13.2. The van der Waals surface area contributed by atoms with E-state index in [-0.39, 0.29) is 12.2 Å². The molecule has 0 saturated heterocycles. The van der Waals surface area contributed by atoms with Gasteiger partial charge in [0.15, 0.2) is 0 Å². The van der Waals surface area contributed by atoms with Gasteiger partial charge in [-0.3, -0.25) is 4.79 Å². The van der Waals surface area contributed by atoms with Gasteiger partial charge in [0.1, 0.15) is 22.9 Å². The number of aryl methyl sites for hydroxylation is 1. The number of benzene rings is 3. The molecule has 0 spiro atoms. The molecule has 228 valence electrons. The molecule has 2 heterocycles. The number of hydrogen-bond acceptors (Lipinski definition) is 8. The van der Waals surface area contributed by atoms with Crippen molar-refractivity contribution >= 4 is 44.6 Å². The molecule has 0 unspecified atom stereocenters. The molecular formula is C32H33FN6O4S. The molecule has 2 aromatic heterocycles. The summed E-state index contributed by atoms with van der Waals surface area (Å²) in [5.41, 5.74) is 3.97. The van der Waals surface area contributed by atoms with Crippen molar-refractivity contribution in [1.82, 2.24) is 19.4 Å². The van der Waals surface area contributed by atoms with Crippen LogP contribution in [-0.2, 0) is 26.2 Å². The number of halogens is 1. The highest BCUT2D eigenvalue weighted by molar-refractivity contribution is 7.92. The molecule has 0 aliphatic rings. The highest BCUT2D eigenvalue weighted by atomic mass is 32.2. The number of fused-ring (bicyclic) bond motifs is 1. The number of likely N-dealkylation sites (N-methyl/N-ethyl adjacent to an activating group) is 1. The molecule has 1 N–H and O–H groups in total. The largest absolute Gasteiger partial charge is 0.346 e. The first-order chi connectivity index (χ1) is 21.2. The Morgan fingerprint density at radius 2 is 1.75 bits per heavy atom. The minimum atomic E-state index is -4.54. The Balaban J connectivity index is 1.33. The van der Waals surface area contributed by atoms with E-state index >= 15 is 0 Å². The number of aromatic nitrogens is 3. The number of carbonyl (C=O) groups excluding carboxylic acids is 1. The summed E-state index contributed by atoms with van der Waals surface area (Å²) in [4.78, 5) is 26.5. The summed E-state index contributed by atoms with van der Waals surface area (Å²) in [5.74, 6) is -0.427. The van der Waals surface area contributed by atoms with E-state index in [1.807, 2.05) is 12.1 Å². The summed E-state index contributed by atoms with van der Waals surface area (Å²) in [6.45, 7) is 9.91. The van der Waals surface area contributed by atoms with E-state index in [1.54, 1.807) is 19.1 Å². The summed E-state index contributed by atoms with van der Waals surface area (Å²) < 4.78 is 43.4. The molecular weight excluding hydrogens is 583 g/mol. The predicted octanol–water partition coefficient (Wildman–Crippen LogP) is 5.91. The van der Waals surface area contributed by atoms with Crippen molar-refractivity contribution < 1.29 is 22.4 Å². The van der Waals surface area contributed by atoms with Crippen molar-refractivity contribution in [2.24, 2.45) is 0 Å². The third-order valence-electron chi connectivity index (χ3n) is 7.36. The second-order valence-corrected chi connectivity index (χ2v) is 11.9. The van der Waals surface area contributed by atoms with E-state index < -0.39 is 20.7 Å². The van der Waals surface area contributed by atoms with E-state index in [0.29, 0.717) is 21.5 Å². The van der Waals surface area contributed by atoms with Crippen LogP contribution in [0.2, 0.25) is 0 Å². The fraction of sp³-hybridized carbons (Fsp3) is 0.219. The van der Waals surface area contributed by atoms with Crippen LogP contribution in [0, 0.1) is 12.7 Å². The summed E-state index contributed by atoms with van der Waals surface area (Å²) >= 11 is 0. The van der Waals surface area contributed by atoms with E-state index in [4.69, 9.17) is 4.84 Å². The molecule has 0 amide bonds. The topological polar surface area (TPSA) is 110 Å². The van der Waals surface area contributed by atoms with Crippen LogP contribution < -0.4 is 9.79 Å². The Hall–Kier alpha value is -4.81. The van der Waals surface area contributed by atoms with Crippen LogP contribution in [0.3, 0.4) is 0 Å². The number of sulfonamides is 1. The Bertz CT molecular complexity index is 1870. The lowest BCUT2D eigenvalue weighted by Gasteiger charge is -2.21. The molecule has 5 aromatic rings. The van der Waals surface area contributed by atoms with Crippen molar-refractivity contribution in [2.45, 2.75) is 32.2 Å². The van der Waals surface area contributed by atoms with Gasteiger partial charge in [-0.15, -0.1) is 0 Å². The molecule has 0 fully saturated rings. The van der Waals surface area contributed by atoms with Gasteiger partial charge >= 0.3 is 6.47 Å². The molecule has 44 heavy (non-hydrogen) atoms. The van der Waals surface area contributed by atoms with Gasteiger partial charge in [0.05, 0.1) is 11.4 Å². The zero-order valence-electron chi connectivity index (χ0n) is 24.6. The van der Waals surface area contributed by atoms with Crippen LogP contribution in [0.1, 0.15) is 19.4 Å². The monoisotopic (exact) mass is 616 g/mol. The Morgan fingerprint density at radius 1 is 0.977 bits per heavy atom. The number of nitrogens with one attached hydrogen (secondary N) is 1. The highest BCUT2D eigenvalue weighted by Gasteiger charge is 2.30. The fourth-order valence-corrected chi connectivity index (χ4v) is 6.21. The lowest BCUT2D eigenvalue weighted by atomic mass is 10.1. The van der Waals surface area contributed by atoms with Gasteiger partial charge in [-0.1, -0.05) is 30.4 Å². The molecule has 5 rings (SSSR count). The van der Waals surface area contributed by atoms with Crippen molar-refractivity contribution in [3.8, 4) is 11.3 Å². The smallest absolute Gasteiger partial charge is 0.322 e. The normalized spacial score (nSPS) is 11.6. The standard InChI is InChI=1S/C32H33FN6O4S/c1-4-37(5-2)16-17-38-15-14-25-19-24(7-12-30(25)38)29-20-32(35-21-34-29)36-26-8-10-27(11-9-26)39(43-22-40)44(41,42)31-13-6-23(3)18-28(31)33/h6-15,18-22H,4-5,16-17H2,1-3H3,(H,34,35,36). The quantitative estimate of drug-likeness (QED) is 0.128. The van der Waals surface area contributed by atoms with Gasteiger partial charge in [0.25, 0.3) is 10.0 Å². The molecule has 0 bridgehead atoms. The lowest BCUT2D eigenvalue weighted by molar-refractivity contribution is -0.128. The fourth-order valence-electron chi connectivity index (χ4n) is 4.94. The van der Waals surface area contributed by atoms with Gasteiger partial charge in [-0.25, -0.2) is 14.4 Å². The Labute approximate surface area is 255 Å². The second-order valence-electron chi connectivity index (χ2n) is 10.1. The third kappa shape index (κ3) is 6.56. The van der Waals surface area contributed by atoms with Crippen LogP contribution in [0.25, 0.3) is 22.2 Å². The first-order valence-corrected chi connectivity index (χ1v) is 15.6.